The molecule has 2 heteroatoms. The van der Waals surface area contributed by atoms with Gasteiger partial charge in [-0.1, -0.05) is 30.3 Å². The van der Waals surface area contributed by atoms with Crippen LogP contribution in [0.25, 0.3) is 0 Å². The summed E-state index contributed by atoms with van der Waals surface area (Å²) in [5, 5.41) is 0. The lowest BCUT2D eigenvalue weighted by molar-refractivity contribution is 0.125. The topological polar surface area (TPSA) is 26.0 Å². The Bertz CT molecular complexity index is 321. The molecule has 2 saturated carbocycles. The first-order valence-electron chi connectivity index (χ1n) is 5.07. The molecule has 0 bridgehead atoms. The molecule has 0 heterocycles. The Morgan fingerprint density at radius 2 is 1.57 bits per heavy atom. The van der Waals surface area contributed by atoms with E-state index in [2.05, 4.69) is 30.3 Å². The van der Waals surface area contributed by atoms with Crippen molar-refractivity contribution < 1.29 is 0 Å². The zero-order valence-corrected chi connectivity index (χ0v) is 9.02. The first kappa shape index (κ1) is 10.0. The summed E-state index contributed by atoms with van der Waals surface area (Å²) in [7, 11) is 0. The Balaban J connectivity index is 0.000000750. The molecular formula is C12H16ClN. The molecule has 0 aromatic heterocycles. The number of hydrogen-bond donors (Lipinski definition) is 1. The van der Waals surface area contributed by atoms with E-state index in [1.54, 1.807) is 0 Å². The van der Waals surface area contributed by atoms with Crippen LogP contribution in [-0.4, -0.2) is 0 Å². The normalized spacial score (nSPS) is 24.9. The van der Waals surface area contributed by atoms with Gasteiger partial charge in [0.2, 0.25) is 0 Å². The smallest absolute Gasteiger partial charge is 0.0420 e. The van der Waals surface area contributed by atoms with Gasteiger partial charge >= 0.3 is 0 Å². The molecule has 0 amide bonds. The maximum atomic E-state index is 6.34. The van der Waals surface area contributed by atoms with Crippen LogP contribution in [0.3, 0.4) is 0 Å². The summed E-state index contributed by atoms with van der Waals surface area (Å²) in [6.07, 6.45) is 5.26. The van der Waals surface area contributed by atoms with Crippen molar-refractivity contribution in [2.45, 2.75) is 31.2 Å². The summed E-state index contributed by atoms with van der Waals surface area (Å²) in [4.78, 5) is 0. The van der Waals surface area contributed by atoms with E-state index in [9.17, 15) is 0 Å². The van der Waals surface area contributed by atoms with Crippen molar-refractivity contribution in [3.8, 4) is 0 Å². The standard InChI is InChI=1S/C12H15N.ClH/c13-12(8-11(9-12)6-7-11)10-4-2-1-3-5-10;/h1-5H,6-9,13H2;1H. The van der Waals surface area contributed by atoms with Gasteiger partial charge in [0.15, 0.2) is 0 Å². The van der Waals surface area contributed by atoms with Crippen molar-refractivity contribution in [1.82, 2.24) is 0 Å². The second-order valence-electron chi connectivity index (χ2n) is 4.88. The molecule has 2 aliphatic rings. The SMILES string of the molecule is Cl.NC1(c2ccccc2)CC2(CC2)C1. The maximum Gasteiger partial charge on any atom is 0.0420 e. The highest BCUT2D eigenvalue weighted by Gasteiger charge is 2.59. The molecule has 76 valence electrons. The fraction of sp³-hybridized carbons (Fsp3) is 0.500. The third-order valence-corrected chi connectivity index (χ3v) is 3.69. The molecule has 2 N–H and O–H groups in total. The molecular weight excluding hydrogens is 194 g/mol. The molecule has 2 fully saturated rings. The lowest BCUT2D eigenvalue weighted by atomic mass is 9.63. The molecule has 1 spiro atoms. The van der Waals surface area contributed by atoms with Gasteiger partial charge in [-0.15, -0.1) is 12.4 Å². The molecule has 1 nitrogen and oxygen atoms in total. The van der Waals surface area contributed by atoms with Crippen molar-refractivity contribution in [3.63, 3.8) is 0 Å². The van der Waals surface area contributed by atoms with E-state index in [0.717, 1.165) is 0 Å². The van der Waals surface area contributed by atoms with Gasteiger partial charge in [0.1, 0.15) is 0 Å². The summed E-state index contributed by atoms with van der Waals surface area (Å²) < 4.78 is 0. The molecule has 3 rings (SSSR count). The van der Waals surface area contributed by atoms with Gasteiger partial charge in [-0.25, -0.2) is 0 Å². The minimum Gasteiger partial charge on any atom is -0.321 e. The van der Waals surface area contributed by atoms with Crippen molar-refractivity contribution in [1.29, 1.82) is 0 Å². The molecule has 2 aliphatic carbocycles. The second kappa shape index (κ2) is 2.98. The second-order valence-corrected chi connectivity index (χ2v) is 4.88. The summed E-state index contributed by atoms with van der Waals surface area (Å²) in [5.74, 6) is 0. The lowest BCUT2D eigenvalue weighted by Gasteiger charge is -2.46. The highest BCUT2D eigenvalue weighted by atomic mass is 35.5. The van der Waals surface area contributed by atoms with Crippen molar-refractivity contribution in [2.24, 2.45) is 11.1 Å². The zero-order chi connectivity index (χ0) is 8.94. The van der Waals surface area contributed by atoms with E-state index >= 15 is 0 Å². The van der Waals surface area contributed by atoms with Gasteiger partial charge in [-0.05, 0) is 36.7 Å². The molecule has 0 radical (unpaired) electrons. The fourth-order valence-corrected chi connectivity index (χ4v) is 2.79. The Morgan fingerprint density at radius 1 is 1.00 bits per heavy atom. The zero-order valence-electron chi connectivity index (χ0n) is 8.20. The monoisotopic (exact) mass is 209 g/mol. The summed E-state index contributed by atoms with van der Waals surface area (Å²) in [6.45, 7) is 0. The molecule has 1 aromatic carbocycles. The molecule has 0 atom stereocenters. The number of benzene rings is 1. The first-order chi connectivity index (χ1) is 6.23. The van der Waals surface area contributed by atoms with Crippen molar-refractivity contribution in [2.75, 3.05) is 0 Å². The number of rotatable bonds is 1. The average Bonchev–Trinajstić information content (AvgIpc) is 2.85. The third kappa shape index (κ3) is 1.35. The fourth-order valence-electron chi connectivity index (χ4n) is 2.79. The van der Waals surface area contributed by atoms with Gasteiger partial charge in [0.05, 0.1) is 0 Å². The van der Waals surface area contributed by atoms with Gasteiger partial charge in [0.25, 0.3) is 0 Å². The van der Waals surface area contributed by atoms with Crippen LogP contribution >= 0.6 is 12.4 Å². The molecule has 0 aliphatic heterocycles. The Labute approximate surface area is 91.1 Å². The third-order valence-electron chi connectivity index (χ3n) is 3.69. The highest BCUT2D eigenvalue weighted by Crippen LogP contribution is 2.66. The Kier molecular flexibility index (Phi) is 2.13. The minimum absolute atomic E-state index is 0. The quantitative estimate of drug-likeness (QED) is 0.757. The van der Waals surface area contributed by atoms with Gasteiger partial charge in [0, 0.05) is 5.54 Å². The predicted molar refractivity (Wildman–Crippen MR) is 60.5 cm³/mol. The lowest BCUT2D eigenvalue weighted by Crippen LogP contribution is -2.50. The molecule has 0 saturated heterocycles. The van der Waals surface area contributed by atoms with Crippen molar-refractivity contribution in [3.05, 3.63) is 35.9 Å². The Morgan fingerprint density at radius 3 is 2.07 bits per heavy atom. The maximum absolute atomic E-state index is 6.34. The number of hydrogen-bond acceptors (Lipinski definition) is 1. The van der Waals surface area contributed by atoms with Crippen LogP contribution in [0.1, 0.15) is 31.2 Å². The molecule has 1 aromatic rings. The van der Waals surface area contributed by atoms with Crippen LogP contribution in [-0.2, 0) is 5.54 Å². The predicted octanol–water partition coefficient (Wildman–Crippen LogP) is 2.84. The average molecular weight is 210 g/mol. The van der Waals surface area contributed by atoms with Crippen molar-refractivity contribution >= 4 is 12.4 Å². The van der Waals surface area contributed by atoms with E-state index in [1.165, 1.54) is 31.2 Å². The number of halogens is 1. The summed E-state index contributed by atoms with van der Waals surface area (Å²) in [6, 6.07) is 10.5. The van der Waals surface area contributed by atoms with Gasteiger partial charge in [-0.2, -0.15) is 0 Å². The van der Waals surface area contributed by atoms with E-state index in [0.29, 0.717) is 5.41 Å². The van der Waals surface area contributed by atoms with Crippen LogP contribution in [0.4, 0.5) is 0 Å². The van der Waals surface area contributed by atoms with Crippen LogP contribution in [0.5, 0.6) is 0 Å². The van der Waals surface area contributed by atoms with E-state index in [-0.39, 0.29) is 17.9 Å². The Hall–Kier alpha value is -0.530. The van der Waals surface area contributed by atoms with Crippen LogP contribution in [0, 0.1) is 5.41 Å². The van der Waals surface area contributed by atoms with E-state index in [1.807, 2.05) is 0 Å². The van der Waals surface area contributed by atoms with E-state index < -0.39 is 0 Å². The molecule has 0 unspecified atom stereocenters. The highest BCUT2D eigenvalue weighted by molar-refractivity contribution is 5.85. The number of nitrogens with two attached hydrogens (primary N) is 1. The van der Waals surface area contributed by atoms with Crippen LogP contribution < -0.4 is 5.73 Å². The summed E-state index contributed by atoms with van der Waals surface area (Å²) in [5.41, 5.74) is 8.36. The minimum atomic E-state index is 0. The molecule has 14 heavy (non-hydrogen) atoms. The van der Waals surface area contributed by atoms with E-state index in [4.69, 9.17) is 5.73 Å². The van der Waals surface area contributed by atoms with Gasteiger partial charge < -0.3 is 5.73 Å². The summed E-state index contributed by atoms with van der Waals surface area (Å²) >= 11 is 0. The van der Waals surface area contributed by atoms with Crippen LogP contribution in [0.15, 0.2) is 30.3 Å². The van der Waals surface area contributed by atoms with Gasteiger partial charge in [-0.3, -0.25) is 0 Å². The largest absolute Gasteiger partial charge is 0.321 e. The van der Waals surface area contributed by atoms with Crippen LogP contribution in [0.2, 0.25) is 0 Å². The first-order valence-corrected chi connectivity index (χ1v) is 5.07.